The fraction of sp³-hybridized carbons (Fsp3) is 0.652. The van der Waals surface area contributed by atoms with E-state index in [4.69, 9.17) is 4.74 Å². The molecule has 29 heavy (non-hydrogen) atoms. The summed E-state index contributed by atoms with van der Waals surface area (Å²) in [7, 11) is 0. The smallest absolute Gasteiger partial charge is 0.268 e. The van der Waals surface area contributed by atoms with Crippen LogP contribution in [0.2, 0.25) is 0 Å². The van der Waals surface area contributed by atoms with E-state index in [1.807, 2.05) is 32.0 Å². The van der Waals surface area contributed by atoms with Gasteiger partial charge < -0.3 is 15.0 Å². The Morgan fingerprint density at radius 2 is 1.97 bits per heavy atom. The molecule has 6 heteroatoms. The number of carbonyl (C=O) groups excluding carboxylic acids is 2. The number of piperidine rings is 1. The van der Waals surface area contributed by atoms with Crippen molar-refractivity contribution in [2.45, 2.75) is 53.1 Å². The van der Waals surface area contributed by atoms with Gasteiger partial charge in [-0.15, -0.1) is 0 Å². The fourth-order valence-corrected chi connectivity index (χ4v) is 4.56. The number of ether oxygens (including phenoxy) is 1. The zero-order valence-electron chi connectivity index (χ0n) is 18.2. The van der Waals surface area contributed by atoms with Gasteiger partial charge in [0.2, 0.25) is 5.91 Å². The second-order valence-corrected chi connectivity index (χ2v) is 8.82. The van der Waals surface area contributed by atoms with Crippen molar-refractivity contribution in [1.82, 2.24) is 10.2 Å². The zero-order valence-corrected chi connectivity index (χ0v) is 18.2. The Morgan fingerprint density at radius 1 is 1.24 bits per heavy atom. The summed E-state index contributed by atoms with van der Waals surface area (Å²) in [6.07, 6.45) is 2.29. The number of rotatable bonds is 7. The normalized spacial score (nSPS) is 24.8. The van der Waals surface area contributed by atoms with E-state index in [-0.39, 0.29) is 18.4 Å². The van der Waals surface area contributed by atoms with Crippen LogP contribution in [0, 0.1) is 18.8 Å². The quantitative estimate of drug-likeness (QED) is 0.714. The van der Waals surface area contributed by atoms with Gasteiger partial charge in [-0.3, -0.25) is 14.5 Å². The molecule has 2 aliphatic rings. The maximum atomic E-state index is 12.8. The molecular formula is C23H35N3O3. The summed E-state index contributed by atoms with van der Waals surface area (Å²) in [5, 5.41) is 2.99. The molecular weight excluding hydrogens is 366 g/mol. The Labute approximate surface area is 174 Å². The monoisotopic (exact) mass is 401 g/mol. The van der Waals surface area contributed by atoms with E-state index in [0.29, 0.717) is 24.4 Å². The lowest BCUT2D eigenvalue weighted by Crippen LogP contribution is -2.49. The summed E-state index contributed by atoms with van der Waals surface area (Å²) in [6, 6.07) is 5.75. The Morgan fingerprint density at radius 3 is 2.66 bits per heavy atom. The van der Waals surface area contributed by atoms with Crippen LogP contribution in [-0.2, 0) is 9.59 Å². The molecule has 6 nitrogen and oxygen atoms in total. The van der Waals surface area contributed by atoms with Crippen LogP contribution in [0.4, 0.5) is 5.69 Å². The average Bonchev–Trinajstić information content (AvgIpc) is 2.67. The topological polar surface area (TPSA) is 61.9 Å². The lowest BCUT2D eigenvalue weighted by molar-refractivity contribution is -0.129. The molecule has 1 saturated heterocycles. The summed E-state index contributed by atoms with van der Waals surface area (Å²) < 4.78 is 5.81. The highest BCUT2D eigenvalue weighted by atomic mass is 16.5. The molecule has 0 saturated carbocycles. The van der Waals surface area contributed by atoms with Crippen LogP contribution in [0.1, 0.15) is 45.6 Å². The van der Waals surface area contributed by atoms with Gasteiger partial charge in [0.1, 0.15) is 12.3 Å². The van der Waals surface area contributed by atoms with Crippen LogP contribution in [0.5, 0.6) is 5.75 Å². The third kappa shape index (κ3) is 5.50. The standard InChI is InChI=1S/C23H35N3O3/c1-5-20-23(28)26(19-12-16(2)7-8-21(19)29-20)15-22(27)24-9-6-10-25-13-17(3)11-18(4)14-25/h7-8,12,17-18,20H,5-6,9-11,13-15H2,1-4H3,(H,24,27). The van der Waals surface area contributed by atoms with Gasteiger partial charge in [-0.2, -0.15) is 0 Å². The Balaban J connectivity index is 1.52. The van der Waals surface area contributed by atoms with Crippen LogP contribution < -0.4 is 15.0 Å². The molecule has 1 aromatic carbocycles. The zero-order chi connectivity index (χ0) is 21.0. The molecule has 2 aliphatic heterocycles. The van der Waals surface area contributed by atoms with Crippen molar-refractivity contribution >= 4 is 17.5 Å². The van der Waals surface area contributed by atoms with Gasteiger partial charge in [0.25, 0.3) is 5.91 Å². The number of nitrogens with zero attached hydrogens (tertiary/aromatic N) is 2. The van der Waals surface area contributed by atoms with E-state index in [9.17, 15) is 9.59 Å². The lowest BCUT2D eigenvalue weighted by atomic mass is 9.92. The lowest BCUT2D eigenvalue weighted by Gasteiger charge is -2.35. The molecule has 0 aliphatic carbocycles. The summed E-state index contributed by atoms with van der Waals surface area (Å²) in [5.41, 5.74) is 1.72. The molecule has 160 valence electrons. The Kier molecular flexibility index (Phi) is 7.17. The van der Waals surface area contributed by atoms with Gasteiger partial charge in [0, 0.05) is 19.6 Å². The van der Waals surface area contributed by atoms with Crippen molar-refractivity contribution < 1.29 is 14.3 Å². The molecule has 3 unspecified atom stereocenters. The van der Waals surface area contributed by atoms with Crippen molar-refractivity contribution in [3.8, 4) is 5.75 Å². The largest absolute Gasteiger partial charge is 0.478 e. The number of nitrogens with one attached hydrogen (secondary N) is 1. The average molecular weight is 402 g/mol. The number of aryl methyl sites for hydroxylation is 1. The van der Waals surface area contributed by atoms with E-state index >= 15 is 0 Å². The van der Waals surface area contributed by atoms with Crippen molar-refractivity contribution in [2.75, 3.05) is 37.6 Å². The van der Waals surface area contributed by atoms with Crippen molar-refractivity contribution in [1.29, 1.82) is 0 Å². The maximum Gasteiger partial charge on any atom is 0.268 e. The van der Waals surface area contributed by atoms with Gasteiger partial charge in [0.15, 0.2) is 6.10 Å². The second-order valence-electron chi connectivity index (χ2n) is 8.82. The number of hydrogen-bond donors (Lipinski definition) is 1. The number of anilines is 1. The molecule has 0 bridgehead atoms. The molecule has 2 heterocycles. The Bertz CT molecular complexity index is 726. The number of fused-ring (bicyclic) bond motifs is 1. The molecule has 1 N–H and O–H groups in total. The molecule has 1 fully saturated rings. The highest BCUT2D eigenvalue weighted by Gasteiger charge is 2.34. The predicted molar refractivity (Wildman–Crippen MR) is 115 cm³/mol. The number of hydrogen-bond acceptors (Lipinski definition) is 4. The van der Waals surface area contributed by atoms with Gasteiger partial charge >= 0.3 is 0 Å². The van der Waals surface area contributed by atoms with Gasteiger partial charge in [0.05, 0.1) is 5.69 Å². The minimum absolute atomic E-state index is 0.0347. The van der Waals surface area contributed by atoms with E-state index in [1.165, 1.54) is 6.42 Å². The molecule has 1 aromatic rings. The molecule has 3 rings (SSSR count). The SMILES string of the molecule is CCC1Oc2ccc(C)cc2N(CC(=O)NCCCN2CC(C)CC(C)C2)C1=O. The van der Waals surface area contributed by atoms with Crippen LogP contribution in [0.3, 0.4) is 0 Å². The summed E-state index contributed by atoms with van der Waals surface area (Å²) >= 11 is 0. The molecule has 3 atom stereocenters. The maximum absolute atomic E-state index is 12.8. The van der Waals surface area contributed by atoms with E-state index < -0.39 is 6.10 Å². The minimum Gasteiger partial charge on any atom is -0.478 e. The number of carbonyl (C=O) groups is 2. The fourth-order valence-electron chi connectivity index (χ4n) is 4.56. The van der Waals surface area contributed by atoms with Crippen LogP contribution in [0.25, 0.3) is 0 Å². The summed E-state index contributed by atoms with van der Waals surface area (Å²) in [6.45, 7) is 12.5. The highest BCUT2D eigenvalue weighted by Crippen LogP contribution is 2.35. The first kappa shape index (κ1) is 21.6. The van der Waals surface area contributed by atoms with Crippen LogP contribution in [-0.4, -0.2) is 55.5 Å². The first-order valence-corrected chi connectivity index (χ1v) is 10.9. The summed E-state index contributed by atoms with van der Waals surface area (Å²) in [5.74, 6) is 1.90. The first-order valence-electron chi connectivity index (χ1n) is 10.9. The van der Waals surface area contributed by atoms with E-state index in [0.717, 1.165) is 43.5 Å². The summed E-state index contributed by atoms with van der Waals surface area (Å²) in [4.78, 5) is 29.4. The van der Waals surface area contributed by atoms with Gasteiger partial charge in [-0.05, 0) is 62.3 Å². The number of amides is 2. The third-order valence-corrected chi connectivity index (χ3v) is 5.81. The number of benzene rings is 1. The first-order chi connectivity index (χ1) is 13.9. The molecule has 2 amide bonds. The van der Waals surface area contributed by atoms with Gasteiger partial charge in [-0.1, -0.05) is 26.8 Å². The molecule has 0 radical (unpaired) electrons. The van der Waals surface area contributed by atoms with Crippen molar-refractivity contribution in [3.63, 3.8) is 0 Å². The predicted octanol–water partition coefficient (Wildman–Crippen LogP) is 2.98. The molecule has 0 aromatic heterocycles. The third-order valence-electron chi connectivity index (χ3n) is 5.81. The molecule has 0 spiro atoms. The van der Waals surface area contributed by atoms with E-state index in [1.54, 1.807) is 4.90 Å². The minimum atomic E-state index is -0.527. The second kappa shape index (κ2) is 9.61. The van der Waals surface area contributed by atoms with E-state index in [2.05, 4.69) is 24.1 Å². The Hall–Kier alpha value is -2.08. The number of likely N-dealkylation sites (tertiary alicyclic amines) is 1. The van der Waals surface area contributed by atoms with Crippen molar-refractivity contribution in [3.05, 3.63) is 23.8 Å². The van der Waals surface area contributed by atoms with Gasteiger partial charge in [-0.25, -0.2) is 0 Å². The van der Waals surface area contributed by atoms with Crippen LogP contribution >= 0.6 is 0 Å². The van der Waals surface area contributed by atoms with Crippen molar-refractivity contribution in [2.24, 2.45) is 11.8 Å². The highest BCUT2D eigenvalue weighted by molar-refractivity contribution is 6.03. The van der Waals surface area contributed by atoms with Crippen LogP contribution in [0.15, 0.2) is 18.2 Å².